The van der Waals surface area contributed by atoms with Crippen LogP contribution < -0.4 is 10.6 Å². The molecule has 1 aromatic heterocycles. The van der Waals surface area contributed by atoms with Gasteiger partial charge in [0.15, 0.2) is 0 Å². The highest BCUT2D eigenvalue weighted by molar-refractivity contribution is 6.35. The highest BCUT2D eigenvalue weighted by atomic mass is 16.2. The topological polar surface area (TPSA) is 91.4 Å². The van der Waals surface area contributed by atoms with Crippen molar-refractivity contribution in [2.24, 2.45) is 5.92 Å². The van der Waals surface area contributed by atoms with Crippen LogP contribution in [-0.2, 0) is 9.59 Å². The van der Waals surface area contributed by atoms with E-state index in [9.17, 15) is 14.4 Å². The predicted molar refractivity (Wildman–Crippen MR) is 84.6 cm³/mol. The molecular formula is C16H22N4O3. The van der Waals surface area contributed by atoms with Gasteiger partial charge in [-0.05, 0) is 37.8 Å². The average molecular weight is 318 g/mol. The Labute approximate surface area is 135 Å². The Bertz CT molecular complexity index is 554. The Morgan fingerprint density at radius 2 is 1.74 bits per heavy atom. The van der Waals surface area contributed by atoms with Gasteiger partial charge >= 0.3 is 11.8 Å². The Balaban J connectivity index is 1.75. The van der Waals surface area contributed by atoms with E-state index in [1.165, 1.54) is 0 Å². The number of rotatable bonds is 4. The Kier molecular flexibility index (Phi) is 6.08. The molecule has 2 N–H and O–H groups in total. The average Bonchev–Trinajstić information content (AvgIpc) is 2.60. The molecule has 0 atom stereocenters. The molecule has 1 aromatic rings. The van der Waals surface area contributed by atoms with Crippen molar-refractivity contribution in [3.8, 4) is 0 Å². The van der Waals surface area contributed by atoms with Gasteiger partial charge in [-0.25, -0.2) is 0 Å². The molecule has 1 saturated heterocycles. The van der Waals surface area contributed by atoms with E-state index in [0.717, 1.165) is 12.8 Å². The number of likely N-dealkylation sites (N-methyl/N-ethyl adjacent to an activating group) is 1. The van der Waals surface area contributed by atoms with Gasteiger partial charge in [0.05, 0.1) is 0 Å². The normalized spacial score (nSPS) is 15.1. The molecule has 0 unspecified atom stereocenters. The van der Waals surface area contributed by atoms with Gasteiger partial charge in [-0.3, -0.25) is 19.4 Å². The number of nitrogens with one attached hydrogen (secondary N) is 2. The summed E-state index contributed by atoms with van der Waals surface area (Å²) in [4.78, 5) is 40.9. The molecule has 0 bridgehead atoms. The van der Waals surface area contributed by atoms with Crippen LogP contribution in [-0.4, -0.2) is 53.8 Å². The fourth-order valence-corrected chi connectivity index (χ4v) is 2.58. The molecule has 0 aromatic carbocycles. The molecular weight excluding hydrogens is 296 g/mol. The first kappa shape index (κ1) is 16.9. The zero-order chi connectivity index (χ0) is 16.7. The van der Waals surface area contributed by atoms with E-state index in [-0.39, 0.29) is 11.8 Å². The van der Waals surface area contributed by atoms with Crippen molar-refractivity contribution in [3.63, 3.8) is 0 Å². The second kappa shape index (κ2) is 8.26. The standard InChI is InChI=1S/C16H22N4O3/c1-2-18-14(21)15(22)19-11-12-5-9-20(10-6-12)16(23)13-3-7-17-8-4-13/h3-4,7-8,12H,2,5-6,9-11H2,1H3,(H,18,21)(H,19,22). The van der Waals surface area contributed by atoms with E-state index in [1.807, 2.05) is 4.90 Å². The molecule has 0 saturated carbocycles. The monoisotopic (exact) mass is 318 g/mol. The second-order valence-electron chi connectivity index (χ2n) is 5.54. The first-order chi connectivity index (χ1) is 11.1. The van der Waals surface area contributed by atoms with Crippen molar-refractivity contribution in [2.75, 3.05) is 26.2 Å². The lowest BCUT2D eigenvalue weighted by molar-refractivity contribution is -0.139. The van der Waals surface area contributed by atoms with Crippen molar-refractivity contribution in [2.45, 2.75) is 19.8 Å². The summed E-state index contributed by atoms with van der Waals surface area (Å²) >= 11 is 0. The minimum atomic E-state index is -0.599. The molecule has 124 valence electrons. The predicted octanol–water partition coefficient (Wildman–Crippen LogP) is 0.186. The van der Waals surface area contributed by atoms with Gasteiger partial charge in [0.1, 0.15) is 0 Å². The molecule has 2 rings (SSSR count). The molecule has 0 aliphatic carbocycles. The van der Waals surface area contributed by atoms with Gasteiger partial charge in [-0.15, -0.1) is 0 Å². The summed E-state index contributed by atoms with van der Waals surface area (Å²) in [5.41, 5.74) is 0.642. The minimum Gasteiger partial charge on any atom is -0.348 e. The number of hydrogen-bond donors (Lipinski definition) is 2. The summed E-state index contributed by atoms with van der Waals surface area (Å²) in [5.74, 6) is -0.896. The number of aromatic nitrogens is 1. The molecule has 1 aliphatic rings. The van der Waals surface area contributed by atoms with Crippen LogP contribution in [0.1, 0.15) is 30.1 Å². The van der Waals surface area contributed by atoms with Crippen molar-refractivity contribution in [1.82, 2.24) is 20.5 Å². The van der Waals surface area contributed by atoms with Gasteiger partial charge in [-0.1, -0.05) is 0 Å². The van der Waals surface area contributed by atoms with Gasteiger partial charge in [0.25, 0.3) is 5.91 Å². The first-order valence-electron chi connectivity index (χ1n) is 7.87. The van der Waals surface area contributed by atoms with E-state index >= 15 is 0 Å². The number of piperidine rings is 1. The van der Waals surface area contributed by atoms with Crippen LogP contribution in [0.15, 0.2) is 24.5 Å². The van der Waals surface area contributed by atoms with Gasteiger partial charge in [0.2, 0.25) is 0 Å². The quantitative estimate of drug-likeness (QED) is 0.775. The van der Waals surface area contributed by atoms with E-state index < -0.39 is 11.8 Å². The molecule has 2 heterocycles. The number of amides is 3. The smallest absolute Gasteiger partial charge is 0.309 e. The summed E-state index contributed by atoms with van der Waals surface area (Å²) in [6, 6.07) is 3.42. The zero-order valence-corrected chi connectivity index (χ0v) is 13.2. The summed E-state index contributed by atoms with van der Waals surface area (Å²) in [6.45, 7) is 3.97. The van der Waals surface area contributed by atoms with Crippen LogP contribution in [0.2, 0.25) is 0 Å². The van der Waals surface area contributed by atoms with Crippen molar-refractivity contribution >= 4 is 17.7 Å². The molecule has 0 radical (unpaired) electrons. The Morgan fingerprint density at radius 3 is 2.35 bits per heavy atom. The van der Waals surface area contributed by atoms with Crippen molar-refractivity contribution in [1.29, 1.82) is 0 Å². The maximum absolute atomic E-state index is 12.3. The van der Waals surface area contributed by atoms with E-state index in [4.69, 9.17) is 0 Å². The minimum absolute atomic E-state index is 0.0113. The highest BCUT2D eigenvalue weighted by Crippen LogP contribution is 2.18. The molecule has 1 aliphatic heterocycles. The summed E-state index contributed by atoms with van der Waals surface area (Å²) in [6.07, 6.45) is 4.84. The summed E-state index contributed by atoms with van der Waals surface area (Å²) < 4.78 is 0. The summed E-state index contributed by atoms with van der Waals surface area (Å²) in [7, 11) is 0. The number of hydrogen-bond acceptors (Lipinski definition) is 4. The van der Waals surface area contributed by atoms with Crippen LogP contribution in [0.25, 0.3) is 0 Å². The molecule has 23 heavy (non-hydrogen) atoms. The number of likely N-dealkylation sites (tertiary alicyclic amines) is 1. The third-order valence-electron chi connectivity index (χ3n) is 3.92. The molecule has 3 amide bonds. The zero-order valence-electron chi connectivity index (χ0n) is 13.2. The van der Waals surface area contributed by atoms with E-state index in [0.29, 0.717) is 31.7 Å². The third kappa shape index (κ3) is 4.77. The number of pyridine rings is 1. The maximum Gasteiger partial charge on any atom is 0.309 e. The SMILES string of the molecule is CCNC(=O)C(=O)NCC1CCN(C(=O)c2ccncc2)CC1. The van der Waals surface area contributed by atoms with Gasteiger partial charge < -0.3 is 15.5 Å². The van der Waals surface area contributed by atoms with Gasteiger partial charge in [-0.2, -0.15) is 0 Å². The molecule has 7 nitrogen and oxygen atoms in total. The lowest BCUT2D eigenvalue weighted by Gasteiger charge is -2.32. The molecule has 0 spiro atoms. The maximum atomic E-state index is 12.3. The second-order valence-corrected chi connectivity index (χ2v) is 5.54. The number of carbonyl (C=O) groups is 3. The highest BCUT2D eigenvalue weighted by Gasteiger charge is 2.24. The molecule has 7 heteroatoms. The van der Waals surface area contributed by atoms with E-state index in [2.05, 4.69) is 15.6 Å². The van der Waals surface area contributed by atoms with Crippen molar-refractivity contribution in [3.05, 3.63) is 30.1 Å². The largest absolute Gasteiger partial charge is 0.348 e. The van der Waals surface area contributed by atoms with Crippen LogP contribution >= 0.6 is 0 Å². The van der Waals surface area contributed by atoms with Crippen LogP contribution in [0.5, 0.6) is 0 Å². The first-order valence-corrected chi connectivity index (χ1v) is 7.87. The molecule has 1 fully saturated rings. The van der Waals surface area contributed by atoms with Crippen molar-refractivity contribution < 1.29 is 14.4 Å². The lowest BCUT2D eigenvalue weighted by atomic mass is 9.96. The Hall–Kier alpha value is -2.44. The number of carbonyl (C=O) groups excluding carboxylic acids is 3. The van der Waals surface area contributed by atoms with Gasteiger partial charge in [0, 0.05) is 44.1 Å². The Morgan fingerprint density at radius 1 is 1.13 bits per heavy atom. The number of nitrogens with zero attached hydrogens (tertiary/aromatic N) is 2. The third-order valence-corrected chi connectivity index (χ3v) is 3.92. The fraction of sp³-hybridized carbons (Fsp3) is 0.500. The van der Waals surface area contributed by atoms with E-state index in [1.54, 1.807) is 31.5 Å². The van der Waals surface area contributed by atoms with Crippen LogP contribution in [0.4, 0.5) is 0 Å². The van der Waals surface area contributed by atoms with Crippen LogP contribution in [0.3, 0.4) is 0 Å². The van der Waals surface area contributed by atoms with Crippen LogP contribution in [0, 0.1) is 5.92 Å². The fourth-order valence-electron chi connectivity index (χ4n) is 2.58. The summed E-state index contributed by atoms with van der Waals surface area (Å²) in [5, 5.41) is 5.11. The lowest BCUT2D eigenvalue weighted by Crippen LogP contribution is -2.44.